The molecule has 0 unspecified atom stereocenters. The van der Waals surface area contributed by atoms with Crippen LogP contribution in [0.4, 0.5) is 0 Å². The lowest BCUT2D eigenvalue weighted by atomic mass is 10.7. The molecule has 0 atom stereocenters. The molecule has 0 heterocycles. The quantitative estimate of drug-likeness (QED) is 0.422. The van der Waals surface area contributed by atoms with E-state index in [9.17, 15) is 9.59 Å². The largest absolute Gasteiger partial charge is 0.481 e. The summed E-state index contributed by atoms with van der Waals surface area (Å²) in [5.41, 5.74) is 0. The van der Waals surface area contributed by atoms with Crippen LogP contribution in [0, 0.1) is 0 Å². The van der Waals surface area contributed by atoms with Gasteiger partial charge in [-0.15, -0.1) is 0 Å². The summed E-state index contributed by atoms with van der Waals surface area (Å²) in [5.74, 6) is -3.16. The Kier molecular flexibility index (Phi) is 18.9. The molecule has 15 heavy (non-hydrogen) atoms. The molecule has 0 rings (SSSR count). The summed E-state index contributed by atoms with van der Waals surface area (Å²) in [7, 11) is 0. The molecule has 1 N–H and O–H groups in total. The molecule has 0 aliphatic rings. The van der Waals surface area contributed by atoms with E-state index >= 15 is 0 Å². The van der Waals surface area contributed by atoms with Crippen molar-refractivity contribution in [1.29, 1.82) is 0 Å². The fourth-order valence-electron chi connectivity index (χ4n) is 0.202. The van der Waals surface area contributed by atoms with E-state index in [-0.39, 0.29) is 0 Å². The Morgan fingerprint density at radius 2 is 1.13 bits per heavy atom. The summed E-state index contributed by atoms with van der Waals surface area (Å²) in [6.45, 7) is 3.45. The third-order valence-electron chi connectivity index (χ3n) is 0.287. The number of esters is 2. The topological polar surface area (TPSA) is 80.7 Å². The van der Waals surface area contributed by atoms with Crippen molar-refractivity contribution in [2.24, 2.45) is 0 Å². The van der Waals surface area contributed by atoms with E-state index in [0.29, 0.717) is 0 Å². The highest BCUT2D eigenvalue weighted by molar-refractivity contribution is 8.20. The number of carboxylic acids is 1. The molecule has 0 saturated heterocycles. The van der Waals surface area contributed by atoms with Gasteiger partial charge in [-0.1, -0.05) is 33.7 Å². The van der Waals surface area contributed by atoms with Crippen molar-refractivity contribution in [2.75, 3.05) is 0 Å². The Labute approximate surface area is 103 Å². The van der Waals surface area contributed by atoms with Crippen molar-refractivity contribution in [1.82, 2.24) is 0 Å². The number of carbonyl (C=O) groups is 3. The lowest BCUT2D eigenvalue weighted by Gasteiger charge is -1.87. The summed E-state index contributed by atoms with van der Waals surface area (Å²) >= 11 is 14.6. The predicted octanol–water partition coefficient (Wildman–Crippen LogP) is 3.12. The van der Waals surface area contributed by atoms with Gasteiger partial charge >= 0.3 is 11.9 Å². The van der Waals surface area contributed by atoms with Crippen LogP contribution in [-0.4, -0.2) is 23.0 Å². The maximum atomic E-state index is 9.81. The molecule has 0 aliphatic carbocycles. The molecule has 0 aromatic heterocycles. The first kappa shape index (κ1) is 20.3. The average molecular weight is 299 g/mol. The number of aliphatic carboxylic acids is 1. The van der Waals surface area contributed by atoms with Crippen molar-refractivity contribution < 1.29 is 24.2 Å². The van der Waals surface area contributed by atoms with Gasteiger partial charge in [0.2, 0.25) is 0 Å². The summed E-state index contributed by atoms with van der Waals surface area (Å²) in [5, 5.41) is 7.42. The van der Waals surface area contributed by atoms with Crippen LogP contribution in [0.1, 0.15) is 20.8 Å². The highest BCUT2D eigenvalue weighted by Gasteiger charge is 1.93. The van der Waals surface area contributed by atoms with E-state index in [2.05, 4.69) is 4.74 Å². The van der Waals surface area contributed by atoms with Crippen molar-refractivity contribution in [2.45, 2.75) is 20.8 Å². The highest BCUT2D eigenvalue weighted by atomic mass is 36.0. The van der Waals surface area contributed by atoms with Crippen LogP contribution in [0.2, 0.25) is 0 Å². The van der Waals surface area contributed by atoms with Crippen molar-refractivity contribution >= 4 is 57.6 Å². The molecule has 5 nitrogen and oxygen atoms in total. The van der Waals surface area contributed by atoms with Crippen LogP contribution < -0.4 is 0 Å². The van der Waals surface area contributed by atoms with Crippen molar-refractivity contribution in [3.63, 3.8) is 0 Å². The molecular formula is C6H10Cl3O5P. The smallest absolute Gasteiger partial charge is 0.310 e. The first-order valence-corrected chi connectivity index (χ1v) is 7.31. The lowest BCUT2D eigenvalue weighted by molar-refractivity contribution is -0.156. The van der Waals surface area contributed by atoms with Crippen molar-refractivity contribution in [3.05, 3.63) is 0 Å². The minimum Gasteiger partial charge on any atom is -0.481 e. The molecule has 0 radical (unpaired) electrons. The van der Waals surface area contributed by atoms with Gasteiger partial charge in [0, 0.05) is 20.8 Å². The second kappa shape index (κ2) is 13.9. The van der Waals surface area contributed by atoms with Gasteiger partial charge in [0.05, 0.1) is 0 Å². The fraction of sp³-hybridized carbons (Fsp3) is 0.500. The number of halogens is 3. The number of hydrogen-bond acceptors (Lipinski definition) is 4. The van der Waals surface area contributed by atoms with Gasteiger partial charge in [0.25, 0.3) is 5.97 Å². The van der Waals surface area contributed by atoms with Crippen LogP contribution in [0.3, 0.4) is 0 Å². The predicted molar refractivity (Wildman–Crippen MR) is 60.2 cm³/mol. The minimum absolute atomic E-state index is 0.562. The molecule has 0 amide bonds. The van der Waals surface area contributed by atoms with Crippen LogP contribution in [0.5, 0.6) is 0 Å². The molecule has 0 aromatic rings. The van der Waals surface area contributed by atoms with E-state index in [0.717, 1.165) is 6.92 Å². The Bertz CT molecular complexity index is 190. The number of carbonyl (C=O) groups excluding carboxylic acids is 2. The van der Waals surface area contributed by atoms with Gasteiger partial charge in [0.15, 0.2) is 5.98 Å². The number of rotatable bonds is 0. The molecule has 0 bridgehead atoms. The van der Waals surface area contributed by atoms with E-state index in [1.807, 2.05) is 0 Å². The Morgan fingerprint density at radius 1 is 1.00 bits per heavy atom. The molecule has 0 aliphatic heterocycles. The molecule has 90 valence electrons. The number of ether oxygens (including phenoxy) is 1. The Morgan fingerprint density at radius 3 is 1.13 bits per heavy atom. The van der Waals surface area contributed by atoms with Gasteiger partial charge in [-0.2, -0.15) is 0 Å². The summed E-state index contributed by atoms with van der Waals surface area (Å²) in [4.78, 5) is 28.6. The van der Waals surface area contributed by atoms with Crippen LogP contribution in [0.15, 0.2) is 0 Å². The van der Waals surface area contributed by atoms with Crippen LogP contribution in [0.25, 0.3) is 0 Å². The van der Waals surface area contributed by atoms with E-state index < -0.39 is 23.9 Å². The Hall–Kier alpha value is -0.0900. The molecule has 0 fully saturated rings. The van der Waals surface area contributed by atoms with E-state index in [1.54, 1.807) is 0 Å². The van der Waals surface area contributed by atoms with Gasteiger partial charge in [-0.05, 0) is 0 Å². The minimum atomic E-state index is -1.20. The van der Waals surface area contributed by atoms with Gasteiger partial charge in [-0.25, -0.2) is 0 Å². The first-order valence-electron chi connectivity index (χ1n) is 3.25. The number of hydrogen-bond donors (Lipinski definition) is 1. The van der Waals surface area contributed by atoms with Gasteiger partial charge in [-0.3, -0.25) is 14.4 Å². The summed E-state index contributed by atoms with van der Waals surface area (Å²) in [6, 6.07) is 0. The zero-order chi connectivity index (χ0) is 13.0. The third kappa shape index (κ3) is 129. The third-order valence-corrected chi connectivity index (χ3v) is 0.287. The average Bonchev–Trinajstić information content (AvgIpc) is 1.78. The first-order chi connectivity index (χ1) is 6.59. The van der Waals surface area contributed by atoms with E-state index in [4.69, 9.17) is 43.6 Å². The SMILES string of the molecule is CC(=O)O.CC(=O)OC(C)=O.ClP(Cl)Cl. The Balaban J connectivity index is -0.000000155. The molecule has 0 aromatic carbocycles. The lowest BCUT2D eigenvalue weighted by Crippen LogP contribution is -2.03. The van der Waals surface area contributed by atoms with E-state index in [1.165, 1.54) is 13.8 Å². The maximum Gasteiger partial charge on any atom is 0.310 e. The number of carboxylic acid groups (broad SMARTS) is 1. The van der Waals surface area contributed by atoms with Crippen LogP contribution >= 0.6 is 39.7 Å². The fourth-order valence-corrected chi connectivity index (χ4v) is 0.202. The summed E-state index contributed by atoms with van der Waals surface area (Å²) < 4.78 is 3.97. The molecular weight excluding hydrogens is 289 g/mol. The second-order valence-corrected chi connectivity index (χ2v) is 6.78. The van der Waals surface area contributed by atoms with Crippen molar-refractivity contribution in [3.8, 4) is 0 Å². The maximum absolute atomic E-state index is 9.81. The summed E-state index contributed by atoms with van der Waals surface area (Å²) in [6.07, 6.45) is 0. The monoisotopic (exact) mass is 298 g/mol. The van der Waals surface area contributed by atoms with Crippen LogP contribution in [-0.2, 0) is 19.1 Å². The highest BCUT2D eigenvalue weighted by Crippen LogP contribution is 2.51. The zero-order valence-electron chi connectivity index (χ0n) is 8.16. The second-order valence-electron chi connectivity index (χ2n) is 1.80. The molecule has 9 heteroatoms. The molecule has 0 spiro atoms. The molecule has 0 saturated carbocycles. The van der Waals surface area contributed by atoms with Gasteiger partial charge in [0.1, 0.15) is 0 Å². The normalized spacial score (nSPS) is 7.67. The van der Waals surface area contributed by atoms with Gasteiger partial charge < -0.3 is 9.84 Å². The zero-order valence-corrected chi connectivity index (χ0v) is 11.3. The standard InChI is InChI=1S/C4H6O3.C2H4O2.Cl3P/c1-3(5)7-4(2)6;1-2(3)4;1-4(2)3/h1-2H3;1H3,(H,3,4);.